The van der Waals surface area contributed by atoms with E-state index in [0.29, 0.717) is 30.4 Å². The molecule has 0 aliphatic carbocycles. The van der Waals surface area contributed by atoms with Crippen LogP contribution in [0.2, 0.25) is 0 Å². The molecular weight excluding hydrogens is 418 g/mol. The molecule has 4 atom stereocenters. The van der Waals surface area contributed by atoms with Gasteiger partial charge in [-0.3, -0.25) is 14.2 Å². The number of piperidine rings is 1. The van der Waals surface area contributed by atoms with Crippen molar-refractivity contribution in [1.82, 2.24) is 25.3 Å². The second-order valence-electron chi connectivity index (χ2n) is 7.87. The monoisotopic (exact) mass is 443 g/mol. The highest BCUT2D eigenvalue weighted by Gasteiger charge is 2.49. The molecule has 3 aliphatic rings. The van der Waals surface area contributed by atoms with E-state index in [-0.39, 0.29) is 12.6 Å². The summed E-state index contributed by atoms with van der Waals surface area (Å²) in [6.45, 7) is 2.23. The van der Waals surface area contributed by atoms with Gasteiger partial charge in [0.25, 0.3) is 5.91 Å². The zero-order valence-electron chi connectivity index (χ0n) is 16.2. The van der Waals surface area contributed by atoms with Crippen molar-refractivity contribution < 1.29 is 31.7 Å². The molecule has 4 heterocycles. The maximum atomic E-state index is 12.5. The molecule has 12 nitrogen and oxygen atoms in total. The minimum atomic E-state index is -4.82. The normalized spacial score (nSPS) is 28.9. The summed E-state index contributed by atoms with van der Waals surface area (Å²) in [5, 5.41) is 3.98. The molecule has 0 spiro atoms. The van der Waals surface area contributed by atoms with Crippen LogP contribution in [0.25, 0.3) is 0 Å². The third-order valence-corrected chi connectivity index (χ3v) is 6.05. The van der Waals surface area contributed by atoms with Gasteiger partial charge in [-0.25, -0.2) is 10.3 Å². The molecule has 2 bridgehead atoms. The van der Waals surface area contributed by atoms with E-state index < -0.39 is 34.4 Å². The van der Waals surface area contributed by atoms with E-state index in [0.717, 1.165) is 19.5 Å². The number of rotatable bonds is 8. The summed E-state index contributed by atoms with van der Waals surface area (Å²) in [7, 11) is -4.82. The van der Waals surface area contributed by atoms with E-state index in [4.69, 9.17) is 9.39 Å². The van der Waals surface area contributed by atoms with Crippen molar-refractivity contribution >= 4 is 22.3 Å². The number of nitrogens with one attached hydrogen (secondary N) is 2. The van der Waals surface area contributed by atoms with E-state index in [1.54, 1.807) is 0 Å². The summed E-state index contributed by atoms with van der Waals surface area (Å²) >= 11 is 0. The molecule has 1 aromatic rings. The molecule has 0 unspecified atom stereocenters. The van der Waals surface area contributed by atoms with Crippen molar-refractivity contribution in [3.63, 3.8) is 0 Å². The first kappa shape index (κ1) is 21.1. The lowest BCUT2D eigenvalue weighted by atomic mass is 10.0. The summed E-state index contributed by atoms with van der Waals surface area (Å²) in [6, 6.07) is 2.00. The van der Waals surface area contributed by atoms with Crippen LogP contribution in [0, 0.1) is 5.92 Å². The van der Waals surface area contributed by atoms with Gasteiger partial charge >= 0.3 is 16.4 Å². The highest BCUT2D eigenvalue weighted by Crippen LogP contribution is 2.30. The fourth-order valence-electron chi connectivity index (χ4n) is 4.34. The number of hydrogen-bond donors (Lipinski definition) is 3. The predicted molar refractivity (Wildman–Crippen MR) is 102 cm³/mol. The number of hydrogen-bond acceptors (Lipinski definition) is 7. The summed E-state index contributed by atoms with van der Waals surface area (Å²) in [6.07, 6.45) is 5.67. The fraction of sp³-hybridized carbons (Fsp3) is 0.647. The minimum absolute atomic E-state index is 0.119. The number of carbonyl (C=O) groups is 2. The van der Waals surface area contributed by atoms with E-state index in [9.17, 15) is 18.0 Å². The van der Waals surface area contributed by atoms with Gasteiger partial charge in [0.05, 0.1) is 12.6 Å². The van der Waals surface area contributed by atoms with Gasteiger partial charge in [-0.15, -0.1) is 4.28 Å². The van der Waals surface area contributed by atoms with Gasteiger partial charge in [0.2, 0.25) is 0 Å². The molecular formula is C17H25N5O7S. The van der Waals surface area contributed by atoms with E-state index in [1.165, 1.54) is 4.90 Å². The third kappa shape index (κ3) is 4.75. The van der Waals surface area contributed by atoms with Gasteiger partial charge in [0, 0.05) is 38.1 Å². The Hall–Kier alpha value is -2.19. The predicted octanol–water partition coefficient (Wildman–Crippen LogP) is -0.483. The van der Waals surface area contributed by atoms with Crippen LogP contribution < -0.4 is 10.8 Å². The maximum Gasteiger partial charge on any atom is 0.418 e. The van der Waals surface area contributed by atoms with Gasteiger partial charge in [0.1, 0.15) is 6.04 Å². The smallest absolute Gasteiger partial charge is 0.354 e. The van der Waals surface area contributed by atoms with Crippen molar-refractivity contribution in [1.29, 1.82) is 0 Å². The Morgan fingerprint density at radius 1 is 1.30 bits per heavy atom. The number of hydroxylamine groups is 3. The summed E-state index contributed by atoms with van der Waals surface area (Å²) in [4.78, 5) is 31.4. The molecule has 3 fully saturated rings. The summed E-state index contributed by atoms with van der Waals surface area (Å²) < 4.78 is 37.2. The molecule has 3 amide bonds. The fourth-order valence-corrected chi connectivity index (χ4v) is 4.73. The van der Waals surface area contributed by atoms with Gasteiger partial charge in [-0.05, 0) is 37.3 Å². The molecule has 3 N–H and O–H groups in total. The molecule has 0 radical (unpaired) electrons. The Labute approximate surface area is 173 Å². The Bertz CT molecular complexity index is 877. The van der Waals surface area contributed by atoms with E-state index in [1.807, 2.05) is 24.5 Å². The number of carbonyl (C=O) groups excluding carboxylic acids is 2. The van der Waals surface area contributed by atoms with Crippen LogP contribution in [0.4, 0.5) is 4.79 Å². The Balaban J connectivity index is 1.22. The largest absolute Gasteiger partial charge is 0.418 e. The first-order chi connectivity index (χ1) is 14.3. The molecule has 30 heavy (non-hydrogen) atoms. The summed E-state index contributed by atoms with van der Waals surface area (Å²) in [5.74, 6) is 0.00498. The van der Waals surface area contributed by atoms with Crippen LogP contribution in [0.3, 0.4) is 0 Å². The zero-order chi connectivity index (χ0) is 21.3. The second kappa shape index (κ2) is 8.51. The highest BCUT2D eigenvalue weighted by molar-refractivity contribution is 7.80. The van der Waals surface area contributed by atoms with Crippen LogP contribution in [0.1, 0.15) is 19.3 Å². The van der Waals surface area contributed by atoms with Gasteiger partial charge in [0.15, 0.2) is 0 Å². The van der Waals surface area contributed by atoms with Gasteiger partial charge in [-0.1, -0.05) is 0 Å². The van der Waals surface area contributed by atoms with Crippen molar-refractivity contribution in [2.45, 2.75) is 43.9 Å². The van der Waals surface area contributed by atoms with Crippen molar-refractivity contribution in [2.75, 3.05) is 19.7 Å². The molecule has 0 aromatic carbocycles. The molecule has 1 aromatic heterocycles. The number of urea groups is 1. The molecule has 166 valence electrons. The average molecular weight is 443 g/mol. The SMILES string of the molecule is O=C(NOC[C@H]1C[C@H](Cn2cccc2)CN1)[C@@H]1CC[C@@H]2CN1C(=O)N2OS(=O)(=O)O. The maximum absolute atomic E-state index is 12.5. The van der Waals surface area contributed by atoms with Crippen molar-refractivity contribution in [2.24, 2.45) is 5.92 Å². The highest BCUT2D eigenvalue weighted by atomic mass is 32.3. The lowest BCUT2D eigenvalue weighted by Gasteiger charge is -2.29. The second-order valence-corrected chi connectivity index (χ2v) is 8.88. The molecule has 3 aliphatic heterocycles. The first-order valence-electron chi connectivity index (χ1n) is 9.83. The Kier molecular flexibility index (Phi) is 5.97. The van der Waals surface area contributed by atoms with Crippen molar-refractivity contribution in [3.05, 3.63) is 24.5 Å². The Morgan fingerprint density at radius 2 is 2.07 bits per heavy atom. The number of aromatic nitrogens is 1. The van der Waals surface area contributed by atoms with Crippen molar-refractivity contribution in [3.8, 4) is 0 Å². The lowest BCUT2D eigenvalue weighted by molar-refractivity contribution is -0.139. The summed E-state index contributed by atoms with van der Waals surface area (Å²) in [5.41, 5.74) is 2.40. The van der Waals surface area contributed by atoms with E-state index >= 15 is 0 Å². The third-order valence-electron chi connectivity index (χ3n) is 5.71. The number of amides is 3. The molecule has 4 rings (SSSR count). The van der Waals surface area contributed by atoms with Crippen LogP contribution in [-0.2, 0) is 30.9 Å². The van der Waals surface area contributed by atoms with Crippen LogP contribution in [-0.4, -0.2) is 77.3 Å². The number of fused-ring (bicyclic) bond motifs is 2. The number of nitrogens with zero attached hydrogens (tertiary/aromatic N) is 3. The van der Waals surface area contributed by atoms with Gasteiger partial charge < -0.3 is 14.8 Å². The van der Waals surface area contributed by atoms with Crippen LogP contribution in [0.5, 0.6) is 0 Å². The standard InChI is InChI=1S/C17H25N5O7S/c23-16(15-4-3-14-10-21(15)17(24)22(14)29-30(25,26)27)19-28-11-13-7-12(8-18-13)9-20-5-1-2-6-20/h1-2,5-6,12-15,18H,3-4,7-11H2,(H,19,23)(H,25,26,27)/t12-,13+,14+,15-/m0/s1. The molecule has 3 saturated heterocycles. The topological polar surface area (TPSA) is 142 Å². The van der Waals surface area contributed by atoms with E-state index in [2.05, 4.69) is 19.6 Å². The van der Waals surface area contributed by atoms with Crippen LogP contribution >= 0.6 is 0 Å². The van der Waals surface area contributed by atoms with Gasteiger partial charge in [-0.2, -0.15) is 13.5 Å². The molecule has 0 saturated carbocycles. The zero-order valence-corrected chi connectivity index (χ0v) is 17.0. The Morgan fingerprint density at radius 3 is 2.80 bits per heavy atom. The quantitative estimate of drug-likeness (QED) is 0.361. The minimum Gasteiger partial charge on any atom is -0.354 e. The average Bonchev–Trinajstić information content (AvgIpc) is 3.40. The first-order valence-corrected chi connectivity index (χ1v) is 11.2. The van der Waals surface area contributed by atoms with Crippen LogP contribution in [0.15, 0.2) is 24.5 Å². The molecule has 13 heteroatoms. The lowest BCUT2D eigenvalue weighted by Crippen LogP contribution is -2.50.